The number of esters is 7. The number of aliphatic hydroxyl groups is 1. The van der Waals surface area contributed by atoms with E-state index in [0.717, 1.165) is 244 Å². The highest BCUT2D eigenvalue weighted by molar-refractivity contribution is 5.73. The first-order chi connectivity index (χ1) is 55.8. The Kier molecular flexibility index (Phi) is 70.2. The first-order valence-corrected chi connectivity index (χ1v) is 48.7. The van der Waals surface area contributed by atoms with Crippen LogP contribution in [0.25, 0.3) is 0 Å². The molecule has 2 fully saturated rings. The topological polar surface area (TPSA) is 232 Å². The fourth-order valence-electron chi connectivity index (χ4n) is 15.8. The Labute approximate surface area is 696 Å². The second-order valence-corrected chi connectivity index (χ2v) is 33.9. The van der Waals surface area contributed by atoms with Crippen LogP contribution in [0.3, 0.4) is 0 Å². The fraction of sp³-hybridized carbons (Fsp3) is 0.927. The van der Waals surface area contributed by atoms with E-state index in [-0.39, 0.29) is 44.9 Å². The van der Waals surface area contributed by atoms with Crippen LogP contribution >= 0.6 is 0 Å². The Hall–Kier alpha value is -3.87. The number of ether oxygens (including phenoxy) is 10. The summed E-state index contributed by atoms with van der Waals surface area (Å²) in [7, 11) is 0. The Bertz CT molecular complexity index is 2300. The average molecular weight is 1620 g/mol. The number of rotatable bonds is 82. The molecule has 114 heavy (non-hydrogen) atoms. The molecule has 0 aromatic carbocycles. The fourth-order valence-corrected chi connectivity index (χ4v) is 15.8. The average Bonchev–Trinajstić information content (AvgIpc) is 1.56. The molecule has 2 aliphatic heterocycles. The highest BCUT2D eigenvalue weighted by Gasteiger charge is 2.65. The van der Waals surface area contributed by atoms with E-state index in [1.54, 1.807) is 0 Å². The van der Waals surface area contributed by atoms with E-state index < -0.39 is 116 Å². The molecule has 0 unspecified atom stereocenters. The van der Waals surface area contributed by atoms with E-state index in [9.17, 15) is 38.7 Å². The number of carbonyl (C=O) groups is 7. The smallest absolute Gasteiger partial charge is 0.306 e. The largest absolute Gasteiger partial charge is 0.463 e. The summed E-state index contributed by atoms with van der Waals surface area (Å²) < 4.78 is 66.4. The van der Waals surface area contributed by atoms with Crippen molar-refractivity contribution < 1.29 is 86.0 Å². The quantitative estimate of drug-likeness (QED) is 0.0339. The third-order valence-corrected chi connectivity index (χ3v) is 23.1. The van der Waals surface area contributed by atoms with Crippen molar-refractivity contribution in [3.63, 3.8) is 0 Å². The standard InChI is InChI=1S/C96H176O18/c1-8-15-22-29-36-43-50-57-64-71-83(98)105-79-82-91(109-86(101)74-67-60-53-46-39-32-25-18-11-4)94(112-89(104)77-70-63-56-49-42-35-28-21-14-7)96(113-82,80-106-84(99)72-65-58-51-44-37-30-23-16-9-2)114-95-93(111-88(103)76-69-62-55-48-41-34-27-20-13-6)92(110-87(102)75-68-61-54-47-40-33-26-19-12-5)90(81(78-97)107-95)108-85(100)73-66-59-52-45-38-31-24-17-10-3/h81-82,90-95,97H,8-80H2,1-7H3/t81-,82-,90-,91-,92+,93-,94+,95-,96+/m1/s1. The number of aliphatic hydroxyl groups excluding tert-OH is 1. The molecule has 0 amide bonds. The zero-order valence-electron chi connectivity index (χ0n) is 74.6. The normalized spacial score (nSPS) is 19.4. The molecule has 18 nitrogen and oxygen atoms in total. The van der Waals surface area contributed by atoms with Gasteiger partial charge < -0.3 is 52.5 Å². The molecule has 2 heterocycles. The second-order valence-electron chi connectivity index (χ2n) is 33.9. The summed E-state index contributed by atoms with van der Waals surface area (Å²) in [6.07, 6.45) is 50.5. The third-order valence-electron chi connectivity index (χ3n) is 23.1. The lowest BCUT2D eigenvalue weighted by molar-refractivity contribution is -0.384. The maximum Gasteiger partial charge on any atom is 0.306 e. The summed E-state index contributed by atoms with van der Waals surface area (Å²) in [5.74, 6) is -6.95. The van der Waals surface area contributed by atoms with E-state index in [1.807, 2.05) is 0 Å². The molecule has 2 rings (SSSR count). The Balaban J connectivity index is 3.01. The molecular formula is C96H176O18. The monoisotopic (exact) mass is 1620 g/mol. The Morgan fingerprint density at radius 1 is 0.254 bits per heavy atom. The number of hydrogen-bond donors (Lipinski definition) is 1. The van der Waals surface area contributed by atoms with Crippen molar-refractivity contribution in [2.45, 2.75) is 553 Å². The number of carbonyl (C=O) groups excluding carboxylic acids is 7. The maximum absolute atomic E-state index is 15.0. The minimum absolute atomic E-state index is 0.00433. The maximum atomic E-state index is 15.0. The molecule has 0 aromatic heterocycles. The van der Waals surface area contributed by atoms with Crippen LogP contribution in [0.4, 0.5) is 0 Å². The highest BCUT2D eigenvalue weighted by Crippen LogP contribution is 2.43. The highest BCUT2D eigenvalue weighted by atomic mass is 16.8. The van der Waals surface area contributed by atoms with Gasteiger partial charge in [0.25, 0.3) is 0 Å². The number of hydrogen-bond acceptors (Lipinski definition) is 18. The predicted molar refractivity (Wildman–Crippen MR) is 459 cm³/mol. The lowest BCUT2D eigenvalue weighted by Gasteiger charge is -2.46. The zero-order valence-corrected chi connectivity index (χ0v) is 74.6. The van der Waals surface area contributed by atoms with Crippen molar-refractivity contribution in [1.29, 1.82) is 0 Å². The summed E-state index contributed by atoms with van der Waals surface area (Å²) in [5.41, 5.74) is 0. The minimum Gasteiger partial charge on any atom is -0.463 e. The molecule has 0 saturated carbocycles. The first-order valence-electron chi connectivity index (χ1n) is 48.7. The van der Waals surface area contributed by atoms with Gasteiger partial charge in [0.05, 0.1) is 6.61 Å². The van der Waals surface area contributed by atoms with Crippen molar-refractivity contribution in [2.24, 2.45) is 0 Å². The van der Waals surface area contributed by atoms with Gasteiger partial charge in [-0.3, -0.25) is 33.6 Å². The molecule has 2 aliphatic rings. The van der Waals surface area contributed by atoms with Crippen molar-refractivity contribution in [3.8, 4) is 0 Å². The van der Waals surface area contributed by atoms with Crippen LogP contribution in [0, 0.1) is 0 Å². The first kappa shape index (κ1) is 106. The van der Waals surface area contributed by atoms with Gasteiger partial charge in [0.2, 0.25) is 12.1 Å². The van der Waals surface area contributed by atoms with Crippen LogP contribution in [0.15, 0.2) is 0 Å². The van der Waals surface area contributed by atoms with Crippen LogP contribution in [-0.4, -0.2) is 122 Å². The van der Waals surface area contributed by atoms with Gasteiger partial charge >= 0.3 is 41.8 Å². The molecule has 0 aromatic rings. The molecule has 0 bridgehead atoms. The summed E-state index contributed by atoms with van der Waals surface area (Å²) >= 11 is 0. The molecular weight excluding hydrogens is 1440 g/mol. The van der Waals surface area contributed by atoms with E-state index in [1.165, 1.54) is 116 Å². The summed E-state index contributed by atoms with van der Waals surface area (Å²) in [6, 6.07) is 0. The van der Waals surface area contributed by atoms with Gasteiger partial charge in [0.15, 0.2) is 30.5 Å². The Morgan fingerprint density at radius 3 is 0.763 bits per heavy atom. The van der Waals surface area contributed by atoms with Crippen LogP contribution in [0.2, 0.25) is 0 Å². The molecule has 18 heteroatoms. The molecule has 668 valence electrons. The number of unbranched alkanes of at least 4 members (excludes halogenated alkanes) is 56. The van der Waals surface area contributed by atoms with Gasteiger partial charge in [0, 0.05) is 44.9 Å². The van der Waals surface area contributed by atoms with E-state index in [2.05, 4.69) is 48.5 Å². The van der Waals surface area contributed by atoms with Crippen LogP contribution < -0.4 is 0 Å². The van der Waals surface area contributed by atoms with Crippen LogP contribution in [0.5, 0.6) is 0 Å². The second kappa shape index (κ2) is 75.3. The Morgan fingerprint density at radius 2 is 0.482 bits per heavy atom. The van der Waals surface area contributed by atoms with Gasteiger partial charge in [0.1, 0.15) is 25.4 Å². The summed E-state index contributed by atoms with van der Waals surface area (Å²) in [5, 5.41) is 11.7. The van der Waals surface area contributed by atoms with Gasteiger partial charge in [-0.2, -0.15) is 0 Å². The van der Waals surface area contributed by atoms with Crippen LogP contribution in [0.1, 0.15) is 498 Å². The molecule has 1 N–H and O–H groups in total. The van der Waals surface area contributed by atoms with Crippen molar-refractivity contribution in [1.82, 2.24) is 0 Å². The van der Waals surface area contributed by atoms with Crippen molar-refractivity contribution in [2.75, 3.05) is 19.8 Å². The lowest BCUT2D eigenvalue weighted by Crippen LogP contribution is -2.65. The molecule has 0 aliphatic carbocycles. The molecule has 0 spiro atoms. The van der Waals surface area contributed by atoms with E-state index in [4.69, 9.17) is 47.4 Å². The predicted octanol–water partition coefficient (Wildman–Crippen LogP) is 25.9. The summed E-state index contributed by atoms with van der Waals surface area (Å²) in [4.78, 5) is 102. The van der Waals surface area contributed by atoms with Gasteiger partial charge in [-0.1, -0.05) is 408 Å². The van der Waals surface area contributed by atoms with E-state index in [0.29, 0.717) is 44.9 Å². The third kappa shape index (κ3) is 55.1. The minimum atomic E-state index is -2.52. The van der Waals surface area contributed by atoms with Crippen molar-refractivity contribution in [3.05, 3.63) is 0 Å². The SMILES string of the molecule is CCCCCCCCCCCC(=O)OC[C@H]1O[C@@](COC(=O)CCCCCCCCCCC)(O[C@H]2O[C@H](CO)[C@@H](OC(=O)CCCCCCCCCCC)[C@H](OC(=O)CCCCCCCCCCC)[C@H]2OC(=O)CCCCCCCCCCC)[C@@H](OC(=O)CCCCCCCCCCC)[C@@H]1OC(=O)CCCCCCCCCCC. The lowest BCUT2D eigenvalue weighted by atomic mass is 9.97. The molecule has 2 saturated heterocycles. The molecule has 0 radical (unpaired) electrons. The zero-order chi connectivity index (χ0) is 82.9. The molecule has 9 atom stereocenters. The van der Waals surface area contributed by atoms with Crippen molar-refractivity contribution >= 4 is 41.8 Å². The van der Waals surface area contributed by atoms with Gasteiger partial charge in [-0.05, 0) is 44.9 Å². The van der Waals surface area contributed by atoms with Crippen LogP contribution in [-0.2, 0) is 80.9 Å². The van der Waals surface area contributed by atoms with Gasteiger partial charge in [-0.25, -0.2) is 0 Å². The summed E-state index contributed by atoms with van der Waals surface area (Å²) in [6.45, 7) is 13.3. The van der Waals surface area contributed by atoms with Gasteiger partial charge in [-0.15, -0.1) is 0 Å². The van der Waals surface area contributed by atoms with E-state index >= 15 is 0 Å².